The van der Waals surface area contributed by atoms with Crippen LogP contribution in [0, 0.1) is 5.92 Å². The van der Waals surface area contributed by atoms with Gasteiger partial charge in [-0.15, -0.1) is 11.3 Å². The van der Waals surface area contributed by atoms with Crippen LogP contribution < -0.4 is 4.74 Å². The van der Waals surface area contributed by atoms with Gasteiger partial charge in [-0.1, -0.05) is 158 Å². The molecular formula is C52H33N3OS. The van der Waals surface area contributed by atoms with Gasteiger partial charge in [0.05, 0.1) is 5.41 Å². The van der Waals surface area contributed by atoms with Crippen molar-refractivity contribution in [3.05, 3.63) is 210 Å². The SMILES string of the molecule is C1=CC2c3ccccc3C3(c4ccccc4Oc4cc(-c5cccc(-c6nc(-c7ccccc7)nc(-c7ccc8c(c7)sc7ccccc78)n6)c5)ccc43)C2C=C1. The van der Waals surface area contributed by atoms with E-state index < -0.39 is 0 Å². The van der Waals surface area contributed by atoms with Gasteiger partial charge in [0.25, 0.3) is 0 Å². The Labute approximate surface area is 334 Å². The maximum Gasteiger partial charge on any atom is 0.164 e. The molecule has 3 heterocycles. The molecule has 2 aliphatic carbocycles. The van der Waals surface area contributed by atoms with Gasteiger partial charge in [0.1, 0.15) is 11.5 Å². The zero-order valence-corrected chi connectivity index (χ0v) is 31.5. The quantitative estimate of drug-likeness (QED) is 0.180. The van der Waals surface area contributed by atoms with E-state index in [2.05, 4.69) is 170 Å². The molecule has 5 heteroatoms. The van der Waals surface area contributed by atoms with Crippen LogP contribution >= 0.6 is 11.3 Å². The van der Waals surface area contributed by atoms with Crippen LogP contribution in [0.25, 0.3) is 65.5 Å². The van der Waals surface area contributed by atoms with Gasteiger partial charge in [-0.2, -0.15) is 0 Å². The van der Waals surface area contributed by atoms with Crippen molar-refractivity contribution >= 4 is 31.5 Å². The molecule has 3 aliphatic rings. The van der Waals surface area contributed by atoms with Gasteiger partial charge < -0.3 is 4.74 Å². The summed E-state index contributed by atoms with van der Waals surface area (Å²) < 4.78 is 9.33. The topological polar surface area (TPSA) is 47.9 Å². The summed E-state index contributed by atoms with van der Waals surface area (Å²) in [4.78, 5) is 15.3. The van der Waals surface area contributed by atoms with Gasteiger partial charge in [0.15, 0.2) is 17.5 Å². The molecule has 12 rings (SSSR count). The molecule has 2 aromatic heterocycles. The van der Waals surface area contributed by atoms with E-state index in [4.69, 9.17) is 19.7 Å². The minimum atomic E-state index is -0.374. The summed E-state index contributed by atoms with van der Waals surface area (Å²) in [5, 5.41) is 2.52. The number of hydrogen-bond donors (Lipinski definition) is 0. The highest BCUT2D eigenvalue weighted by Gasteiger charge is 2.56. The third-order valence-electron chi connectivity index (χ3n) is 12.1. The number of allylic oxidation sites excluding steroid dienone is 4. The van der Waals surface area contributed by atoms with Crippen molar-refractivity contribution < 1.29 is 4.74 Å². The molecule has 0 amide bonds. The average molecular weight is 748 g/mol. The first-order valence-electron chi connectivity index (χ1n) is 19.4. The van der Waals surface area contributed by atoms with Crippen molar-refractivity contribution in [1.82, 2.24) is 15.0 Å². The molecule has 0 radical (unpaired) electrons. The van der Waals surface area contributed by atoms with Crippen LogP contribution in [0.1, 0.15) is 28.2 Å². The second-order valence-electron chi connectivity index (χ2n) is 15.1. The fraction of sp³-hybridized carbons (Fsp3) is 0.0577. The predicted molar refractivity (Wildman–Crippen MR) is 232 cm³/mol. The zero-order chi connectivity index (χ0) is 37.5. The van der Waals surface area contributed by atoms with Crippen LogP contribution in [0.5, 0.6) is 11.5 Å². The van der Waals surface area contributed by atoms with Crippen LogP contribution in [-0.4, -0.2) is 15.0 Å². The number of fused-ring (bicyclic) bond motifs is 12. The lowest BCUT2D eigenvalue weighted by Gasteiger charge is -2.43. The highest BCUT2D eigenvalue weighted by Crippen LogP contribution is 2.64. The Morgan fingerprint density at radius 3 is 1.96 bits per heavy atom. The number of para-hydroxylation sites is 1. The Morgan fingerprint density at radius 2 is 1.07 bits per heavy atom. The van der Waals surface area contributed by atoms with Crippen molar-refractivity contribution in [3.8, 4) is 56.8 Å². The van der Waals surface area contributed by atoms with E-state index >= 15 is 0 Å². The standard InChI is InChI=1S/C52H33N3OS/c1-2-13-32(14-3-1)49-53-50(55-51(54-49)36-25-27-40-39-19-6-11-24-47(39)57-48(40)31-36)35-16-12-15-33(29-35)34-26-28-44-46(30-34)56-45-23-10-9-22-43(45)52(44)41-20-7-4-17-37(41)38-18-5-8-21-42(38)52/h1-31,37,41H. The first-order chi connectivity index (χ1) is 28.2. The zero-order valence-electron chi connectivity index (χ0n) is 30.7. The van der Waals surface area contributed by atoms with E-state index in [0.29, 0.717) is 23.4 Å². The molecular weight excluding hydrogens is 715 g/mol. The molecule has 7 aromatic carbocycles. The Morgan fingerprint density at radius 1 is 0.439 bits per heavy atom. The molecule has 1 aliphatic heterocycles. The lowest BCUT2D eigenvalue weighted by molar-refractivity contribution is 0.374. The fourth-order valence-electron chi connectivity index (χ4n) is 9.60. The Hall–Kier alpha value is -6.95. The molecule has 0 fully saturated rings. The first kappa shape index (κ1) is 32.3. The van der Waals surface area contributed by atoms with Crippen molar-refractivity contribution in [1.29, 1.82) is 0 Å². The molecule has 9 aromatic rings. The van der Waals surface area contributed by atoms with Gasteiger partial charge in [-0.3, -0.25) is 0 Å². The number of hydrogen-bond acceptors (Lipinski definition) is 5. The maximum absolute atomic E-state index is 6.84. The van der Waals surface area contributed by atoms with E-state index in [9.17, 15) is 0 Å². The predicted octanol–water partition coefficient (Wildman–Crippen LogP) is 13.2. The van der Waals surface area contributed by atoms with Crippen LogP contribution in [0.15, 0.2) is 188 Å². The van der Waals surface area contributed by atoms with Gasteiger partial charge >= 0.3 is 0 Å². The van der Waals surface area contributed by atoms with Crippen molar-refractivity contribution in [3.63, 3.8) is 0 Å². The summed E-state index contributed by atoms with van der Waals surface area (Å²) in [5.41, 5.74) is 9.75. The van der Waals surface area contributed by atoms with E-state index in [-0.39, 0.29) is 11.3 Å². The molecule has 0 bridgehead atoms. The third kappa shape index (κ3) is 4.89. The molecule has 0 N–H and O–H groups in total. The number of thiophene rings is 1. The molecule has 268 valence electrons. The first-order valence-corrected chi connectivity index (χ1v) is 20.2. The molecule has 3 atom stereocenters. The summed E-state index contributed by atoms with van der Waals surface area (Å²) in [5.74, 6) is 4.25. The summed E-state index contributed by atoms with van der Waals surface area (Å²) in [6, 6.07) is 58.2. The van der Waals surface area contributed by atoms with E-state index in [1.165, 1.54) is 42.4 Å². The summed E-state index contributed by atoms with van der Waals surface area (Å²) in [6.45, 7) is 0. The molecule has 57 heavy (non-hydrogen) atoms. The third-order valence-corrected chi connectivity index (χ3v) is 13.2. The molecule has 3 unspecified atom stereocenters. The van der Waals surface area contributed by atoms with Crippen molar-refractivity contribution in [2.75, 3.05) is 0 Å². The highest BCUT2D eigenvalue weighted by molar-refractivity contribution is 7.25. The number of benzene rings is 7. The van der Waals surface area contributed by atoms with Gasteiger partial charge in [0, 0.05) is 59.8 Å². The largest absolute Gasteiger partial charge is 0.457 e. The summed E-state index contributed by atoms with van der Waals surface area (Å²) in [7, 11) is 0. The van der Waals surface area contributed by atoms with Crippen LogP contribution in [0.2, 0.25) is 0 Å². The number of aromatic nitrogens is 3. The van der Waals surface area contributed by atoms with E-state index in [1.54, 1.807) is 11.3 Å². The number of rotatable bonds is 4. The lowest BCUT2D eigenvalue weighted by Crippen LogP contribution is -2.37. The van der Waals surface area contributed by atoms with Crippen molar-refractivity contribution in [2.45, 2.75) is 11.3 Å². The monoisotopic (exact) mass is 747 g/mol. The fourth-order valence-corrected chi connectivity index (χ4v) is 10.7. The van der Waals surface area contributed by atoms with Gasteiger partial charge in [-0.25, -0.2) is 15.0 Å². The molecule has 4 nitrogen and oxygen atoms in total. The molecule has 1 spiro atoms. The Kier molecular flexibility index (Phi) is 7.10. The molecule has 0 saturated carbocycles. The lowest BCUT2D eigenvalue weighted by atomic mass is 9.62. The Balaban J connectivity index is 0.985. The summed E-state index contributed by atoms with van der Waals surface area (Å²) >= 11 is 1.80. The van der Waals surface area contributed by atoms with Gasteiger partial charge in [-0.05, 0) is 52.6 Å². The summed E-state index contributed by atoms with van der Waals surface area (Å²) in [6.07, 6.45) is 9.18. The smallest absolute Gasteiger partial charge is 0.164 e. The second-order valence-corrected chi connectivity index (χ2v) is 16.2. The minimum absolute atomic E-state index is 0.231. The van der Waals surface area contributed by atoms with Crippen LogP contribution in [-0.2, 0) is 5.41 Å². The van der Waals surface area contributed by atoms with Crippen molar-refractivity contribution in [2.24, 2.45) is 5.92 Å². The molecule has 0 saturated heterocycles. The second kappa shape index (κ2) is 12.5. The van der Waals surface area contributed by atoms with Crippen LogP contribution in [0.3, 0.4) is 0 Å². The minimum Gasteiger partial charge on any atom is -0.457 e. The van der Waals surface area contributed by atoms with E-state index in [1.807, 2.05) is 18.2 Å². The van der Waals surface area contributed by atoms with Crippen LogP contribution in [0.4, 0.5) is 0 Å². The highest BCUT2D eigenvalue weighted by atomic mass is 32.1. The van der Waals surface area contributed by atoms with Gasteiger partial charge in [0.2, 0.25) is 0 Å². The number of nitrogens with zero attached hydrogens (tertiary/aromatic N) is 3. The average Bonchev–Trinajstić information content (AvgIpc) is 3.80. The normalized spacial score (nSPS) is 18.6. The van der Waals surface area contributed by atoms with E-state index in [0.717, 1.165) is 39.3 Å². The number of ether oxygens (including phenoxy) is 1. The maximum atomic E-state index is 6.84. The Bertz CT molecular complexity index is 3150.